The van der Waals surface area contributed by atoms with Crippen molar-refractivity contribution in [2.24, 2.45) is 0 Å². The second-order valence-electron chi connectivity index (χ2n) is 5.33. The van der Waals surface area contributed by atoms with Crippen molar-refractivity contribution in [2.45, 2.75) is 6.54 Å². The molecule has 0 saturated heterocycles. The van der Waals surface area contributed by atoms with Crippen LogP contribution >= 0.6 is 0 Å². The molecule has 0 N–H and O–H groups in total. The number of hydrogen-bond donors (Lipinski definition) is 0. The van der Waals surface area contributed by atoms with E-state index < -0.39 is 0 Å². The average molecular weight is 270 g/mol. The molecule has 0 saturated carbocycles. The van der Waals surface area contributed by atoms with E-state index in [9.17, 15) is 0 Å². The summed E-state index contributed by atoms with van der Waals surface area (Å²) in [5.74, 6) is 0. The Morgan fingerprint density at radius 2 is 1.33 bits per heavy atom. The summed E-state index contributed by atoms with van der Waals surface area (Å²) in [6.45, 7) is 0.892. The van der Waals surface area contributed by atoms with Crippen molar-refractivity contribution in [3.8, 4) is 0 Å². The van der Waals surface area contributed by atoms with E-state index in [2.05, 4.69) is 89.6 Å². The van der Waals surface area contributed by atoms with Crippen LogP contribution in [0.5, 0.6) is 0 Å². The SMILES string of the molecule is c1ccc2c(C[n+]3cccc4ccccc43)cccc2c1. The Bertz CT molecular complexity index is 837. The first-order valence-electron chi connectivity index (χ1n) is 7.26. The van der Waals surface area contributed by atoms with Crippen molar-refractivity contribution < 1.29 is 4.57 Å². The minimum Gasteiger partial charge on any atom is -0.194 e. The van der Waals surface area contributed by atoms with E-state index in [-0.39, 0.29) is 0 Å². The predicted molar refractivity (Wildman–Crippen MR) is 87.2 cm³/mol. The van der Waals surface area contributed by atoms with Gasteiger partial charge in [0.1, 0.15) is 0 Å². The van der Waals surface area contributed by atoms with E-state index in [1.807, 2.05) is 0 Å². The molecule has 100 valence electrons. The highest BCUT2D eigenvalue weighted by atomic mass is 14.9. The zero-order chi connectivity index (χ0) is 14.1. The summed E-state index contributed by atoms with van der Waals surface area (Å²) in [6.07, 6.45) is 2.16. The van der Waals surface area contributed by atoms with Gasteiger partial charge in [0.25, 0.3) is 0 Å². The van der Waals surface area contributed by atoms with E-state index >= 15 is 0 Å². The molecule has 1 aromatic heterocycles. The van der Waals surface area contributed by atoms with E-state index in [1.54, 1.807) is 0 Å². The normalized spacial score (nSPS) is 11.0. The Morgan fingerprint density at radius 3 is 2.29 bits per heavy atom. The van der Waals surface area contributed by atoms with Crippen molar-refractivity contribution in [1.82, 2.24) is 0 Å². The van der Waals surface area contributed by atoms with Gasteiger partial charge in [0.2, 0.25) is 5.52 Å². The summed E-state index contributed by atoms with van der Waals surface area (Å²) in [7, 11) is 0. The molecular formula is C20H16N+. The molecule has 0 atom stereocenters. The summed E-state index contributed by atoms with van der Waals surface area (Å²) < 4.78 is 2.32. The lowest BCUT2D eigenvalue weighted by Gasteiger charge is -2.05. The minimum atomic E-state index is 0.892. The first-order valence-corrected chi connectivity index (χ1v) is 7.26. The van der Waals surface area contributed by atoms with Gasteiger partial charge in [-0.2, -0.15) is 4.57 Å². The van der Waals surface area contributed by atoms with Gasteiger partial charge in [0.05, 0.1) is 0 Å². The monoisotopic (exact) mass is 270 g/mol. The van der Waals surface area contributed by atoms with Gasteiger partial charge in [-0.15, -0.1) is 0 Å². The zero-order valence-electron chi connectivity index (χ0n) is 11.7. The highest BCUT2D eigenvalue weighted by Crippen LogP contribution is 2.18. The molecular weight excluding hydrogens is 254 g/mol. The Kier molecular flexibility index (Phi) is 2.89. The van der Waals surface area contributed by atoms with Crippen LogP contribution in [0, 0.1) is 0 Å². The molecule has 0 unspecified atom stereocenters. The first kappa shape index (κ1) is 12.1. The van der Waals surface area contributed by atoms with Crippen molar-refractivity contribution in [3.05, 3.63) is 90.6 Å². The molecule has 1 nitrogen and oxygen atoms in total. The summed E-state index contributed by atoms with van der Waals surface area (Å²) >= 11 is 0. The highest BCUT2D eigenvalue weighted by Gasteiger charge is 2.10. The van der Waals surface area contributed by atoms with E-state index in [1.165, 1.54) is 27.2 Å². The number of aromatic nitrogens is 1. The molecule has 0 aliphatic carbocycles. The molecule has 4 aromatic rings. The molecule has 21 heavy (non-hydrogen) atoms. The predicted octanol–water partition coefficient (Wildman–Crippen LogP) is 4.33. The van der Waals surface area contributed by atoms with Crippen LogP contribution in [-0.2, 0) is 6.54 Å². The lowest BCUT2D eigenvalue weighted by Crippen LogP contribution is -2.34. The molecule has 0 aliphatic heterocycles. The largest absolute Gasteiger partial charge is 0.212 e. The van der Waals surface area contributed by atoms with Crippen molar-refractivity contribution >= 4 is 21.7 Å². The fourth-order valence-corrected chi connectivity index (χ4v) is 2.97. The highest BCUT2D eigenvalue weighted by molar-refractivity contribution is 5.85. The molecule has 3 aromatic carbocycles. The minimum absolute atomic E-state index is 0.892. The quantitative estimate of drug-likeness (QED) is 0.477. The topological polar surface area (TPSA) is 3.88 Å². The van der Waals surface area contributed by atoms with Gasteiger partial charge in [-0.1, -0.05) is 54.6 Å². The third-order valence-electron chi connectivity index (χ3n) is 4.01. The Morgan fingerprint density at radius 1 is 0.619 bits per heavy atom. The van der Waals surface area contributed by atoms with Crippen LogP contribution in [0.4, 0.5) is 0 Å². The second-order valence-corrected chi connectivity index (χ2v) is 5.33. The fraction of sp³-hybridized carbons (Fsp3) is 0.0500. The van der Waals surface area contributed by atoms with Crippen molar-refractivity contribution in [1.29, 1.82) is 0 Å². The number of benzene rings is 3. The van der Waals surface area contributed by atoms with E-state index in [0.717, 1.165) is 6.54 Å². The molecule has 0 spiro atoms. The third kappa shape index (κ3) is 2.17. The molecule has 4 rings (SSSR count). The van der Waals surface area contributed by atoms with Crippen LogP contribution in [0.3, 0.4) is 0 Å². The first-order chi connectivity index (χ1) is 10.4. The van der Waals surface area contributed by atoms with Gasteiger partial charge in [0, 0.05) is 23.1 Å². The summed E-state index contributed by atoms with van der Waals surface area (Å²) in [4.78, 5) is 0. The maximum atomic E-state index is 2.32. The van der Waals surface area contributed by atoms with Crippen molar-refractivity contribution in [2.75, 3.05) is 0 Å². The third-order valence-corrected chi connectivity index (χ3v) is 4.01. The van der Waals surface area contributed by atoms with Crippen LogP contribution in [0.2, 0.25) is 0 Å². The van der Waals surface area contributed by atoms with Crippen LogP contribution in [-0.4, -0.2) is 0 Å². The molecule has 1 heterocycles. The van der Waals surface area contributed by atoms with Crippen molar-refractivity contribution in [3.63, 3.8) is 0 Å². The number of fused-ring (bicyclic) bond motifs is 2. The molecule has 0 amide bonds. The standard InChI is InChI=1S/C20H16N/c1-3-12-19-16(7-1)9-5-10-18(19)15-21-14-6-11-17-8-2-4-13-20(17)21/h1-14H,15H2/q+1. The van der Waals surface area contributed by atoms with E-state index in [4.69, 9.17) is 0 Å². The summed E-state index contributed by atoms with van der Waals surface area (Å²) in [6, 6.07) is 27.9. The molecule has 0 bridgehead atoms. The van der Waals surface area contributed by atoms with Gasteiger partial charge in [-0.05, 0) is 22.9 Å². The lowest BCUT2D eigenvalue weighted by atomic mass is 10.0. The number of hydrogen-bond acceptors (Lipinski definition) is 0. The average Bonchev–Trinajstić information content (AvgIpc) is 2.56. The number of rotatable bonds is 2. The number of pyridine rings is 1. The molecule has 0 radical (unpaired) electrons. The fourth-order valence-electron chi connectivity index (χ4n) is 2.97. The van der Waals surface area contributed by atoms with Gasteiger partial charge in [0.15, 0.2) is 12.7 Å². The summed E-state index contributed by atoms with van der Waals surface area (Å²) in [5.41, 5.74) is 2.63. The smallest absolute Gasteiger partial charge is 0.194 e. The van der Waals surface area contributed by atoms with Crippen LogP contribution in [0.15, 0.2) is 85.1 Å². The van der Waals surface area contributed by atoms with Crippen LogP contribution in [0.1, 0.15) is 5.56 Å². The maximum Gasteiger partial charge on any atom is 0.212 e. The van der Waals surface area contributed by atoms with Gasteiger partial charge in [-0.3, -0.25) is 0 Å². The van der Waals surface area contributed by atoms with Crippen LogP contribution < -0.4 is 4.57 Å². The molecule has 0 fully saturated rings. The second kappa shape index (κ2) is 5.02. The van der Waals surface area contributed by atoms with Crippen LogP contribution in [0.25, 0.3) is 21.7 Å². The Hall–Kier alpha value is -2.67. The van der Waals surface area contributed by atoms with Gasteiger partial charge in [-0.25, -0.2) is 0 Å². The lowest BCUT2D eigenvalue weighted by molar-refractivity contribution is -0.662. The number of para-hydroxylation sites is 1. The molecule has 0 aliphatic rings. The molecule has 1 heteroatoms. The summed E-state index contributed by atoms with van der Waals surface area (Å²) in [5, 5.41) is 3.91. The van der Waals surface area contributed by atoms with E-state index in [0.29, 0.717) is 0 Å². The Labute approximate surface area is 124 Å². The van der Waals surface area contributed by atoms with Gasteiger partial charge >= 0.3 is 0 Å². The zero-order valence-corrected chi connectivity index (χ0v) is 11.7. The van der Waals surface area contributed by atoms with Gasteiger partial charge < -0.3 is 0 Å². The number of nitrogens with zero attached hydrogens (tertiary/aromatic N) is 1. The maximum absolute atomic E-state index is 2.32. The Balaban J connectivity index is 1.87.